The van der Waals surface area contributed by atoms with Crippen LogP contribution in [0.15, 0.2) is 48.5 Å². The second-order valence-electron chi connectivity index (χ2n) is 11.9. The first-order valence-corrected chi connectivity index (χ1v) is 14.5. The van der Waals surface area contributed by atoms with E-state index < -0.39 is 17.1 Å². The third-order valence-corrected chi connectivity index (χ3v) is 7.81. The van der Waals surface area contributed by atoms with Gasteiger partial charge in [-0.25, -0.2) is 0 Å². The van der Waals surface area contributed by atoms with Crippen LogP contribution in [0.25, 0.3) is 0 Å². The standard InChI is InChI=1S/C13H20O.C11H18O3.C10H14O/c1-5-10(2)11-6-8-12(9-7-11)13(3,4)14;1-4-11(2,3)10(13)14-9-7-5-6-8(9)12;1-3-8(2)9-4-6-10(11)7-5-9/h6-10,14H,5H2,1-4H3;9H,4-7H2,1-3H3;4-8,11H,3H2,1-2H3. The Morgan fingerprint density at radius 2 is 1.36 bits per heavy atom. The summed E-state index contributed by atoms with van der Waals surface area (Å²) >= 11 is 0. The van der Waals surface area contributed by atoms with Crippen molar-refractivity contribution in [2.75, 3.05) is 0 Å². The molecule has 0 heterocycles. The lowest BCUT2D eigenvalue weighted by atomic mass is 9.90. The quantitative estimate of drug-likeness (QED) is 0.328. The number of Topliss-reactive ketones (excluding diaryl/α,β-unsaturated/α-hetero) is 1. The van der Waals surface area contributed by atoms with Crippen molar-refractivity contribution in [3.05, 3.63) is 65.2 Å². The van der Waals surface area contributed by atoms with E-state index >= 15 is 0 Å². The van der Waals surface area contributed by atoms with Gasteiger partial charge < -0.3 is 14.9 Å². The number of aliphatic hydroxyl groups is 1. The van der Waals surface area contributed by atoms with Gasteiger partial charge in [-0.2, -0.15) is 0 Å². The normalized spacial score (nSPS) is 16.8. The number of carbonyl (C=O) groups is 2. The number of phenols is 1. The van der Waals surface area contributed by atoms with Crippen molar-refractivity contribution in [3.63, 3.8) is 0 Å². The summed E-state index contributed by atoms with van der Waals surface area (Å²) in [6.45, 7) is 18.0. The maximum absolute atomic E-state index is 11.6. The minimum atomic E-state index is -0.728. The van der Waals surface area contributed by atoms with Gasteiger partial charge in [-0.05, 0) is 100 Å². The van der Waals surface area contributed by atoms with E-state index in [0.29, 0.717) is 30.4 Å². The van der Waals surface area contributed by atoms with Crippen LogP contribution in [0.4, 0.5) is 0 Å². The summed E-state index contributed by atoms with van der Waals surface area (Å²) in [5.41, 5.74) is 2.42. The number of phenolic OH excluding ortho intramolecular Hbond substituents is 1. The predicted octanol–water partition coefficient (Wildman–Crippen LogP) is 8.42. The molecule has 1 aliphatic carbocycles. The summed E-state index contributed by atoms with van der Waals surface area (Å²) in [6, 6.07) is 15.7. The number of rotatable bonds is 8. The van der Waals surface area contributed by atoms with Crippen LogP contribution in [-0.2, 0) is 19.9 Å². The second kappa shape index (κ2) is 15.8. The van der Waals surface area contributed by atoms with Gasteiger partial charge in [-0.1, -0.05) is 71.0 Å². The number of hydrogen-bond acceptors (Lipinski definition) is 5. The van der Waals surface area contributed by atoms with Crippen LogP contribution in [0.1, 0.15) is 129 Å². The molecule has 3 rings (SSSR count). The number of carbonyl (C=O) groups excluding carboxylic acids is 2. The highest BCUT2D eigenvalue weighted by atomic mass is 16.5. The monoisotopic (exact) mass is 540 g/mol. The molecule has 2 N–H and O–H groups in total. The molecule has 1 fully saturated rings. The second-order valence-corrected chi connectivity index (χ2v) is 11.9. The van der Waals surface area contributed by atoms with E-state index in [1.54, 1.807) is 12.1 Å². The number of ketones is 1. The van der Waals surface area contributed by atoms with Crippen LogP contribution in [0, 0.1) is 5.41 Å². The average molecular weight is 541 g/mol. The Kier molecular flexibility index (Phi) is 13.9. The molecule has 2 aromatic carbocycles. The van der Waals surface area contributed by atoms with Gasteiger partial charge in [0.05, 0.1) is 11.0 Å². The molecule has 0 aromatic heterocycles. The molecule has 1 aliphatic rings. The van der Waals surface area contributed by atoms with Crippen molar-refractivity contribution in [3.8, 4) is 5.75 Å². The van der Waals surface area contributed by atoms with E-state index in [1.165, 1.54) is 11.1 Å². The topological polar surface area (TPSA) is 83.8 Å². The van der Waals surface area contributed by atoms with Crippen molar-refractivity contribution in [2.24, 2.45) is 5.41 Å². The summed E-state index contributed by atoms with van der Waals surface area (Å²) in [5.74, 6) is 1.36. The van der Waals surface area contributed by atoms with Crippen molar-refractivity contribution in [1.29, 1.82) is 0 Å². The summed E-state index contributed by atoms with van der Waals surface area (Å²) in [6.07, 6.45) is 4.67. The highest BCUT2D eigenvalue weighted by Crippen LogP contribution is 2.26. The minimum Gasteiger partial charge on any atom is -0.508 e. The van der Waals surface area contributed by atoms with Gasteiger partial charge in [-0.15, -0.1) is 0 Å². The van der Waals surface area contributed by atoms with Crippen LogP contribution in [0.5, 0.6) is 5.75 Å². The zero-order valence-corrected chi connectivity index (χ0v) is 25.7. The smallest absolute Gasteiger partial charge is 0.312 e. The number of benzene rings is 2. The molecule has 39 heavy (non-hydrogen) atoms. The van der Waals surface area contributed by atoms with Gasteiger partial charge >= 0.3 is 5.97 Å². The molecular formula is C34H52O5. The molecule has 5 nitrogen and oxygen atoms in total. The first kappa shape index (κ1) is 34.4. The van der Waals surface area contributed by atoms with E-state index in [-0.39, 0.29) is 11.8 Å². The Morgan fingerprint density at radius 1 is 0.897 bits per heavy atom. The van der Waals surface area contributed by atoms with Crippen LogP contribution >= 0.6 is 0 Å². The Labute approximate surface area is 237 Å². The van der Waals surface area contributed by atoms with Crippen LogP contribution in [-0.4, -0.2) is 28.1 Å². The molecule has 0 bridgehead atoms. The molecule has 0 spiro atoms. The summed E-state index contributed by atoms with van der Waals surface area (Å²) < 4.78 is 5.19. The van der Waals surface area contributed by atoms with Crippen LogP contribution < -0.4 is 0 Å². The lowest BCUT2D eigenvalue weighted by Gasteiger charge is -2.22. The third kappa shape index (κ3) is 11.5. The fourth-order valence-corrected chi connectivity index (χ4v) is 3.84. The molecule has 0 aliphatic heterocycles. The van der Waals surface area contributed by atoms with Gasteiger partial charge in [0, 0.05) is 6.42 Å². The molecule has 3 atom stereocenters. The van der Waals surface area contributed by atoms with E-state index in [1.807, 2.05) is 58.9 Å². The zero-order chi connectivity index (χ0) is 29.8. The third-order valence-electron chi connectivity index (χ3n) is 7.81. The Morgan fingerprint density at radius 3 is 1.72 bits per heavy atom. The largest absolute Gasteiger partial charge is 0.508 e. The van der Waals surface area contributed by atoms with Crippen molar-refractivity contribution in [1.82, 2.24) is 0 Å². The van der Waals surface area contributed by atoms with E-state index in [2.05, 4.69) is 39.8 Å². The van der Waals surface area contributed by atoms with Crippen molar-refractivity contribution in [2.45, 2.75) is 124 Å². The van der Waals surface area contributed by atoms with E-state index in [4.69, 9.17) is 9.84 Å². The van der Waals surface area contributed by atoms with Crippen molar-refractivity contribution >= 4 is 11.8 Å². The number of esters is 1. The highest BCUT2D eigenvalue weighted by molar-refractivity contribution is 5.88. The fraction of sp³-hybridized carbons (Fsp3) is 0.588. The van der Waals surface area contributed by atoms with Gasteiger partial charge in [0.25, 0.3) is 0 Å². The molecule has 2 aromatic rings. The molecular weight excluding hydrogens is 488 g/mol. The molecule has 5 heteroatoms. The predicted molar refractivity (Wildman–Crippen MR) is 160 cm³/mol. The first-order valence-electron chi connectivity index (χ1n) is 14.5. The molecule has 3 unspecified atom stereocenters. The maximum atomic E-state index is 11.6. The van der Waals surface area contributed by atoms with E-state index in [9.17, 15) is 14.7 Å². The number of aromatic hydroxyl groups is 1. The summed E-state index contributed by atoms with van der Waals surface area (Å²) in [7, 11) is 0. The molecule has 0 saturated heterocycles. The van der Waals surface area contributed by atoms with Gasteiger partial charge in [0.2, 0.25) is 0 Å². The van der Waals surface area contributed by atoms with Gasteiger partial charge in [0.1, 0.15) is 5.75 Å². The van der Waals surface area contributed by atoms with E-state index in [0.717, 1.165) is 31.2 Å². The number of ether oxygens (including phenoxy) is 1. The summed E-state index contributed by atoms with van der Waals surface area (Å²) in [4.78, 5) is 22.9. The molecule has 0 amide bonds. The lowest BCUT2D eigenvalue weighted by Crippen LogP contribution is -2.31. The highest BCUT2D eigenvalue weighted by Gasteiger charge is 2.34. The molecule has 0 radical (unpaired) electrons. The fourth-order valence-electron chi connectivity index (χ4n) is 3.84. The maximum Gasteiger partial charge on any atom is 0.312 e. The molecule has 218 valence electrons. The minimum absolute atomic E-state index is 0.0743. The lowest BCUT2D eigenvalue weighted by molar-refractivity contribution is -0.162. The Hall–Kier alpha value is -2.66. The van der Waals surface area contributed by atoms with Crippen molar-refractivity contribution < 1.29 is 24.5 Å². The first-order chi connectivity index (χ1) is 18.2. The van der Waals surface area contributed by atoms with Gasteiger partial charge in [0.15, 0.2) is 11.9 Å². The SMILES string of the molecule is CCC(C)(C)C(=O)OC1CCCC1=O.CCC(C)c1ccc(C(C)(C)O)cc1.CCC(C)c1ccc(O)cc1. The Balaban J connectivity index is 0.000000295. The zero-order valence-electron chi connectivity index (χ0n) is 25.7. The average Bonchev–Trinajstić information content (AvgIpc) is 3.32. The van der Waals surface area contributed by atoms with Crippen LogP contribution in [0.2, 0.25) is 0 Å². The van der Waals surface area contributed by atoms with Gasteiger partial charge in [-0.3, -0.25) is 9.59 Å². The number of hydrogen-bond donors (Lipinski definition) is 2. The molecule has 1 saturated carbocycles. The Bertz CT molecular complexity index is 999. The van der Waals surface area contributed by atoms with Crippen LogP contribution in [0.3, 0.4) is 0 Å². The summed E-state index contributed by atoms with van der Waals surface area (Å²) in [5, 5.41) is 18.8.